The van der Waals surface area contributed by atoms with E-state index in [9.17, 15) is 14.4 Å². The molecule has 22 heavy (non-hydrogen) atoms. The van der Waals surface area contributed by atoms with E-state index < -0.39 is 23.4 Å². The van der Waals surface area contributed by atoms with Gasteiger partial charge in [-0.2, -0.15) is 4.98 Å². The summed E-state index contributed by atoms with van der Waals surface area (Å²) in [6.07, 6.45) is -0.279. The second kappa shape index (κ2) is 5.32. The molecule has 0 saturated carbocycles. The monoisotopic (exact) mass is 300 g/mol. The van der Waals surface area contributed by atoms with Crippen molar-refractivity contribution < 1.29 is 14.7 Å². The Morgan fingerprint density at radius 3 is 2.68 bits per heavy atom. The molecular weight excluding hydrogens is 288 g/mol. The number of aliphatic carboxylic acids is 1. The van der Waals surface area contributed by atoms with Crippen molar-refractivity contribution in [1.29, 1.82) is 0 Å². The SMILES string of the molecule is O=C1C[C@H](C(=O)O)c2c(nc(Nc3ccccc3)[nH]c2=O)N1. The van der Waals surface area contributed by atoms with E-state index in [1.807, 2.05) is 6.07 Å². The number of H-pyrrole nitrogens is 1. The molecule has 112 valence electrons. The fraction of sp³-hybridized carbons (Fsp3) is 0.143. The van der Waals surface area contributed by atoms with Crippen LogP contribution in [0.5, 0.6) is 0 Å². The fourth-order valence-electron chi connectivity index (χ4n) is 2.30. The predicted octanol–water partition coefficient (Wildman–Crippen LogP) is 1.02. The van der Waals surface area contributed by atoms with Gasteiger partial charge in [0.1, 0.15) is 5.82 Å². The molecule has 1 atom stereocenters. The van der Waals surface area contributed by atoms with Gasteiger partial charge in [0.25, 0.3) is 5.56 Å². The smallest absolute Gasteiger partial charge is 0.311 e. The first-order valence-corrected chi connectivity index (χ1v) is 6.53. The predicted molar refractivity (Wildman–Crippen MR) is 78.2 cm³/mol. The highest BCUT2D eigenvalue weighted by molar-refractivity contribution is 5.98. The molecule has 1 aromatic carbocycles. The van der Waals surface area contributed by atoms with Crippen LogP contribution in [0.4, 0.5) is 17.5 Å². The number of carbonyl (C=O) groups excluding carboxylic acids is 1. The van der Waals surface area contributed by atoms with Crippen molar-refractivity contribution in [2.24, 2.45) is 0 Å². The van der Waals surface area contributed by atoms with E-state index in [4.69, 9.17) is 5.11 Å². The Balaban J connectivity index is 2.02. The normalized spacial score (nSPS) is 16.5. The van der Waals surface area contributed by atoms with Crippen molar-refractivity contribution in [3.63, 3.8) is 0 Å². The van der Waals surface area contributed by atoms with Crippen LogP contribution < -0.4 is 16.2 Å². The highest BCUT2D eigenvalue weighted by atomic mass is 16.4. The average molecular weight is 300 g/mol. The van der Waals surface area contributed by atoms with Gasteiger partial charge in [-0.3, -0.25) is 19.4 Å². The molecule has 2 heterocycles. The van der Waals surface area contributed by atoms with Crippen LogP contribution in [0.15, 0.2) is 35.1 Å². The van der Waals surface area contributed by atoms with Crippen LogP contribution >= 0.6 is 0 Å². The van der Waals surface area contributed by atoms with Gasteiger partial charge in [-0.15, -0.1) is 0 Å². The number of carbonyl (C=O) groups is 2. The molecule has 0 aliphatic carbocycles. The van der Waals surface area contributed by atoms with E-state index in [0.29, 0.717) is 5.69 Å². The number of aromatic amines is 1. The van der Waals surface area contributed by atoms with Gasteiger partial charge in [0.15, 0.2) is 0 Å². The number of para-hydroxylation sites is 1. The Morgan fingerprint density at radius 2 is 2.00 bits per heavy atom. The van der Waals surface area contributed by atoms with Gasteiger partial charge in [-0.25, -0.2) is 0 Å². The number of anilines is 3. The molecule has 0 fully saturated rings. The first-order valence-electron chi connectivity index (χ1n) is 6.53. The second-order valence-electron chi connectivity index (χ2n) is 4.81. The van der Waals surface area contributed by atoms with Crippen molar-refractivity contribution in [1.82, 2.24) is 9.97 Å². The van der Waals surface area contributed by atoms with Crippen LogP contribution in [0.3, 0.4) is 0 Å². The number of nitrogens with one attached hydrogen (secondary N) is 3. The van der Waals surface area contributed by atoms with Gasteiger partial charge in [0.05, 0.1) is 11.5 Å². The number of carboxylic acid groups (broad SMARTS) is 1. The third kappa shape index (κ3) is 2.53. The maximum Gasteiger partial charge on any atom is 0.311 e. The lowest BCUT2D eigenvalue weighted by atomic mass is 9.94. The summed E-state index contributed by atoms with van der Waals surface area (Å²) in [7, 11) is 0. The molecule has 1 aliphatic heterocycles. The van der Waals surface area contributed by atoms with Crippen LogP contribution in [0.2, 0.25) is 0 Å². The lowest BCUT2D eigenvalue weighted by Gasteiger charge is -2.21. The molecule has 8 heteroatoms. The number of nitrogens with zero attached hydrogens (tertiary/aromatic N) is 1. The minimum absolute atomic E-state index is 0.0224. The quantitative estimate of drug-likeness (QED) is 0.671. The molecular formula is C14H12N4O4. The van der Waals surface area contributed by atoms with E-state index in [2.05, 4.69) is 20.6 Å². The van der Waals surface area contributed by atoms with Crippen LogP contribution in [0, 0.1) is 0 Å². The van der Waals surface area contributed by atoms with Gasteiger partial charge >= 0.3 is 5.97 Å². The second-order valence-corrected chi connectivity index (χ2v) is 4.81. The number of rotatable bonds is 3. The zero-order chi connectivity index (χ0) is 15.7. The lowest BCUT2D eigenvalue weighted by Crippen LogP contribution is -2.34. The molecule has 0 saturated heterocycles. The third-order valence-corrected chi connectivity index (χ3v) is 3.29. The Hall–Kier alpha value is -3.16. The van der Waals surface area contributed by atoms with E-state index in [-0.39, 0.29) is 23.8 Å². The van der Waals surface area contributed by atoms with Crippen LogP contribution in [0.1, 0.15) is 17.9 Å². The molecule has 1 aliphatic rings. The van der Waals surface area contributed by atoms with Crippen LogP contribution in [-0.4, -0.2) is 27.0 Å². The average Bonchev–Trinajstić information content (AvgIpc) is 2.46. The summed E-state index contributed by atoms with van der Waals surface area (Å²) in [4.78, 5) is 41.5. The summed E-state index contributed by atoms with van der Waals surface area (Å²) in [5, 5.41) is 14.5. The number of hydrogen-bond donors (Lipinski definition) is 4. The number of hydrogen-bond acceptors (Lipinski definition) is 5. The van der Waals surface area contributed by atoms with Gasteiger partial charge < -0.3 is 15.7 Å². The van der Waals surface area contributed by atoms with Gasteiger partial charge in [-0.1, -0.05) is 18.2 Å². The molecule has 1 amide bonds. The topological polar surface area (TPSA) is 124 Å². The fourth-order valence-corrected chi connectivity index (χ4v) is 2.30. The van der Waals surface area contributed by atoms with Crippen LogP contribution in [0.25, 0.3) is 0 Å². The molecule has 0 bridgehead atoms. The lowest BCUT2D eigenvalue weighted by molar-refractivity contribution is -0.140. The minimum atomic E-state index is -1.23. The highest BCUT2D eigenvalue weighted by Crippen LogP contribution is 2.28. The van der Waals surface area contributed by atoms with Crippen molar-refractivity contribution in [3.8, 4) is 0 Å². The molecule has 1 aromatic heterocycles. The van der Waals surface area contributed by atoms with Crippen molar-refractivity contribution >= 4 is 29.3 Å². The standard InChI is InChI=1S/C14H12N4O4/c19-9-6-8(13(21)22)10-11(16-9)17-14(18-12(10)20)15-7-4-2-1-3-5-7/h1-5,8H,6H2,(H,21,22)(H3,15,16,17,18,19,20)/t8-/m0/s1. The van der Waals surface area contributed by atoms with Gasteiger partial charge in [-0.05, 0) is 12.1 Å². The zero-order valence-corrected chi connectivity index (χ0v) is 11.3. The Kier molecular flexibility index (Phi) is 3.34. The maximum atomic E-state index is 12.1. The summed E-state index contributed by atoms with van der Waals surface area (Å²) in [5.41, 5.74) is 0.0732. The van der Waals surface area contributed by atoms with Gasteiger partial charge in [0.2, 0.25) is 11.9 Å². The maximum absolute atomic E-state index is 12.1. The first-order chi connectivity index (χ1) is 10.5. The number of amides is 1. The highest BCUT2D eigenvalue weighted by Gasteiger charge is 2.34. The largest absolute Gasteiger partial charge is 0.481 e. The Morgan fingerprint density at radius 1 is 1.27 bits per heavy atom. The summed E-state index contributed by atoms with van der Waals surface area (Å²) in [6.45, 7) is 0. The van der Waals surface area contributed by atoms with Crippen molar-refractivity contribution in [3.05, 3.63) is 46.2 Å². The summed E-state index contributed by atoms with van der Waals surface area (Å²) in [6, 6.07) is 9.00. The van der Waals surface area contributed by atoms with E-state index >= 15 is 0 Å². The van der Waals surface area contributed by atoms with E-state index in [0.717, 1.165) is 0 Å². The number of benzene rings is 1. The molecule has 3 rings (SSSR count). The number of aromatic nitrogens is 2. The first kappa shape index (κ1) is 13.8. The van der Waals surface area contributed by atoms with Crippen LogP contribution in [-0.2, 0) is 9.59 Å². The Bertz CT molecular complexity index is 800. The molecule has 0 unspecified atom stereocenters. The van der Waals surface area contributed by atoms with Crippen molar-refractivity contribution in [2.45, 2.75) is 12.3 Å². The molecule has 8 nitrogen and oxygen atoms in total. The van der Waals surface area contributed by atoms with E-state index in [1.165, 1.54) is 0 Å². The van der Waals surface area contributed by atoms with Gasteiger partial charge in [0, 0.05) is 12.1 Å². The third-order valence-electron chi connectivity index (χ3n) is 3.29. The van der Waals surface area contributed by atoms with Crippen molar-refractivity contribution in [2.75, 3.05) is 10.6 Å². The minimum Gasteiger partial charge on any atom is -0.481 e. The molecule has 2 aromatic rings. The zero-order valence-electron chi connectivity index (χ0n) is 11.3. The summed E-state index contributed by atoms with van der Waals surface area (Å²) >= 11 is 0. The molecule has 4 N–H and O–H groups in total. The Labute approximate surface area is 124 Å². The summed E-state index contributed by atoms with van der Waals surface area (Å²) in [5.74, 6) is -2.80. The summed E-state index contributed by atoms with van der Waals surface area (Å²) < 4.78 is 0. The van der Waals surface area contributed by atoms with E-state index in [1.54, 1.807) is 24.3 Å². The molecule has 0 radical (unpaired) electrons. The molecule has 0 spiro atoms. The number of carboxylic acids is 1. The number of fused-ring (bicyclic) bond motifs is 1.